The number of nitrogens with one attached hydrogen (secondary N) is 1. The maximum Gasteiger partial charge on any atom is 0.220 e. The molecule has 0 unspecified atom stereocenters. The van der Waals surface area contributed by atoms with E-state index in [-0.39, 0.29) is 16.9 Å². The van der Waals surface area contributed by atoms with Crippen molar-refractivity contribution in [2.24, 2.45) is 11.1 Å². The molecule has 14 heavy (non-hydrogen) atoms. The lowest BCUT2D eigenvalue weighted by atomic mass is 9.76. The van der Waals surface area contributed by atoms with Crippen LogP contribution in [0.5, 0.6) is 0 Å². The zero-order valence-corrected chi connectivity index (χ0v) is 9.52. The summed E-state index contributed by atoms with van der Waals surface area (Å²) < 4.78 is 0. The molecule has 1 saturated carbocycles. The van der Waals surface area contributed by atoms with Gasteiger partial charge in [0.05, 0.1) is 5.54 Å². The number of rotatable bonds is 3. The summed E-state index contributed by atoms with van der Waals surface area (Å²) in [5.74, 6) is 0.141. The highest BCUT2D eigenvalue weighted by Gasteiger charge is 2.37. The predicted octanol–water partition coefficient (Wildman–Crippen LogP) is 1.42. The average Bonchev–Trinajstić information content (AvgIpc) is 1.93. The Labute approximate surface area is 86.4 Å². The van der Waals surface area contributed by atoms with E-state index in [0.29, 0.717) is 13.0 Å². The first-order valence-corrected chi connectivity index (χ1v) is 5.38. The van der Waals surface area contributed by atoms with Crippen molar-refractivity contribution in [2.75, 3.05) is 6.54 Å². The van der Waals surface area contributed by atoms with Crippen LogP contribution in [0.25, 0.3) is 0 Å². The zero-order valence-electron chi connectivity index (χ0n) is 9.52. The quantitative estimate of drug-likeness (QED) is 0.720. The molecule has 0 spiro atoms. The zero-order chi connectivity index (χ0) is 10.8. The molecule has 1 rings (SSSR count). The summed E-state index contributed by atoms with van der Waals surface area (Å²) in [4.78, 5) is 11.7. The molecule has 0 aromatic heterocycles. The van der Waals surface area contributed by atoms with Crippen molar-refractivity contribution in [1.82, 2.24) is 5.32 Å². The lowest BCUT2D eigenvalue weighted by Crippen LogP contribution is -2.58. The highest BCUT2D eigenvalue weighted by atomic mass is 16.1. The molecule has 82 valence electrons. The van der Waals surface area contributed by atoms with Gasteiger partial charge in [0.2, 0.25) is 5.91 Å². The van der Waals surface area contributed by atoms with Crippen molar-refractivity contribution in [3.8, 4) is 0 Å². The molecule has 0 radical (unpaired) electrons. The molecule has 0 aliphatic heterocycles. The van der Waals surface area contributed by atoms with Crippen LogP contribution in [-0.4, -0.2) is 18.0 Å². The molecular formula is C11H22N2O. The Morgan fingerprint density at radius 2 is 2.00 bits per heavy atom. The van der Waals surface area contributed by atoms with Gasteiger partial charge in [0, 0.05) is 13.0 Å². The van der Waals surface area contributed by atoms with Gasteiger partial charge in [0.25, 0.3) is 0 Å². The summed E-state index contributed by atoms with van der Waals surface area (Å²) in [6.07, 6.45) is 3.85. The summed E-state index contributed by atoms with van der Waals surface area (Å²) in [5.41, 5.74) is 5.66. The number of hydrogen-bond donors (Lipinski definition) is 2. The first kappa shape index (κ1) is 11.5. The van der Waals surface area contributed by atoms with E-state index in [4.69, 9.17) is 5.73 Å². The Morgan fingerprint density at radius 1 is 1.43 bits per heavy atom. The van der Waals surface area contributed by atoms with Crippen molar-refractivity contribution in [2.45, 2.75) is 52.0 Å². The fourth-order valence-corrected chi connectivity index (χ4v) is 1.81. The van der Waals surface area contributed by atoms with E-state index >= 15 is 0 Å². The van der Waals surface area contributed by atoms with Crippen LogP contribution in [0.3, 0.4) is 0 Å². The highest BCUT2D eigenvalue weighted by Crippen LogP contribution is 2.31. The third-order valence-electron chi connectivity index (χ3n) is 2.80. The summed E-state index contributed by atoms with van der Waals surface area (Å²) in [6, 6.07) is 0. The number of hydrogen-bond acceptors (Lipinski definition) is 2. The first-order chi connectivity index (χ1) is 6.37. The van der Waals surface area contributed by atoms with Crippen molar-refractivity contribution >= 4 is 5.91 Å². The Kier molecular flexibility index (Phi) is 3.20. The van der Waals surface area contributed by atoms with Gasteiger partial charge < -0.3 is 11.1 Å². The minimum Gasteiger partial charge on any atom is -0.349 e. The minimum atomic E-state index is -0.0671. The number of carbonyl (C=O) groups is 1. The van der Waals surface area contributed by atoms with E-state index in [1.165, 1.54) is 6.42 Å². The van der Waals surface area contributed by atoms with Crippen molar-refractivity contribution in [3.05, 3.63) is 0 Å². The standard InChI is InChI=1S/C11H22N2O/c1-10(2,3)7-9(14)13-11(8-12)5-4-6-11/h4-8,12H2,1-3H3,(H,13,14). The summed E-state index contributed by atoms with van der Waals surface area (Å²) in [7, 11) is 0. The average molecular weight is 198 g/mol. The monoisotopic (exact) mass is 198 g/mol. The second kappa shape index (κ2) is 3.89. The van der Waals surface area contributed by atoms with Gasteiger partial charge in [-0.2, -0.15) is 0 Å². The Balaban J connectivity index is 2.40. The van der Waals surface area contributed by atoms with Crippen LogP contribution < -0.4 is 11.1 Å². The summed E-state index contributed by atoms with van der Waals surface area (Å²) >= 11 is 0. The van der Waals surface area contributed by atoms with Crippen LogP contribution in [0.1, 0.15) is 46.5 Å². The second-order valence-electron chi connectivity index (χ2n) is 5.62. The van der Waals surface area contributed by atoms with Crippen LogP contribution in [0.2, 0.25) is 0 Å². The Bertz CT molecular complexity index is 208. The molecule has 0 atom stereocenters. The lowest BCUT2D eigenvalue weighted by molar-refractivity contribution is -0.125. The first-order valence-electron chi connectivity index (χ1n) is 5.38. The maximum atomic E-state index is 11.7. The van der Waals surface area contributed by atoms with Gasteiger partial charge in [-0.15, -0.1) is 0 Å². The second-order valence-corrected chi connectivity index (χ2v) is 5.62. The van der Waals surface area contributed by atoms with Crippen LogP contribution in [0.4, 0.5) is 0 Å². The SMILES string of the molecule is CC(C)(C)CC(=O)NC1(CN)CCC1. The van der Waals surface area contributed by atoms with E-state index in [1.807, 2.05) is 0 Å². The molecule has 0 aromatic rings. The van der Waals surface area contributed by atoms with Crippen LogP contribution >= 0.6 is 0 Å². The largest absolute Gasteiger partial charge is 0.349 e. The van der Waals surface area contributed by atoms with E-state index in [2.05, 4.69) is 26.1 Å². The molecule has 0 aromatic carbocycles. The van der Waals surface area contributed by atoms with Crippen molar-refractivity contribution in [1.29, 1.82) is 0 Å². The van der Waals surface area contributed by atoms with Gasteiger partial charge in [-0.3, -0.25) is 4.79 Å². The molecule has 0 bridgehead atoms. The molecular weight excluding hydrogens is 176 g/mol. The lowest BCUT2D eigenvalue weighted by Gasteiger charge is -2.42. The van der Waals surface area contributed by atoms with E-state index in [1.54, 1.807) is 0 Å². The smallest absolute Gasteiger partial charge is 0.220 e. The Morgan fingerprint density at radius 3 is 2.29 bits per heavy atom. The van der Waals surface area contributed by atoms with Crippen LogP contribution in [0.15, 0.2) is 0 Å². The molecule has 0 heterocycles. The van der Waals surface area contributed by atoms with Gasteiger partial charge >= 0.3 is 0 Å². The van der Waals surface area contributed by atoms with Crippen molar-refractivity contribution in [3.63, 3.8) is 0 Å². The fraction of sp³-hybridized carbons (Fsp3) is 0.909. The number of amides is 1. The van der Waals surface area contributed by atoms with Gasteiger partial charge in [0.1, 0.15) is 0 Å². The molecule has 1 aliphatic carbocycles. The minimum absolute atomic E-state index is 0.0591. The molecule has 3 nitrogen and oxygen atoms in total. The van der Waals surface area contributed by atoms with Crippen molar-refractivity contribution < 1.29 is 4.79 Å². The highest BCUT2D eigenvalue weighted by molar-refractivity contribution is 5.77. The van der Waals surface area contributed by atoms with Gasteiger partial charge in [-0.1, -0.05) is 20.8 Å². The molecule has 1 fully saturated rings. The fourth-order valence-electron chi connectivity index (χ4n) is 1.81. The third kappa shape index (κ3) is 2.98. The van der Waals surface area contributed by atoms with E-state index in [0.717, 1.165) is 12.8 Å². The maximum absolute atomic E-state index is 11.7. The summed E-state index contributed by atoms with van der Waals surface area (Å²) in [5, 5.41) is 3.07. The molecule has 1 aliphatic rings. The number of carbonyl (C=O) groups excluding carboxylic acids is 1. The van der Waals surface area contributed by atoms with E-state index in [9.17, 15) is 4.79 Å². The molecule has 3 N–H and O–H groups in total. The molecule has 3 heteroatoms. The third-order valence-corrected chi connectivity index (χ3v) is 2.80. The van der Waals surface area contributed by atoms with Crippen LogP contribution in [-0.2, 0) is 4.79 Å². The van der Waals surface area contributed by atoms with Gasteiger partial charge in [-0.25, -0.2) is 0 Å². The van der Waals surface area contributed by atoms with Crippen LogP contribution in [0, 0.1) is 5.41 Å². The molecule has 1 amide bonds. The Hall–Kier alpha value is -0.570. The summed E-state index contributed by atoms with van der Waals surface area (Å²) in [6.45, 7) is 6.79. The topological polar surface area (TPSA) is 55.1 Å². The normalized spacial score (nSPS) is 20.0. The molecule has 0 saturated heterocycles. The van der Waals surface area contributed by atoms with Gasteiger partial charge in [-0.05, 0) is 24.7 Å². The predicted molar refractivity (Wildman–Crippen MR) is 57.9 cm³/mol. The number of nitrogens with two attached hydrogens (primary N) is 1. The van der Waals surface area contributed by atoms with Gasteiger partial charge in [0.15, 0.2) is 0 Å². The van der Waals surface area contributed by atoms with E-state index < -0.39 is 0 Å².